The highest BCUT2D eigenvalue weighted by Gasteiger charge is 2.17. The van der Waals surface area contributed by atoms with Gasteiger partial charge < -0.3 is 9.84 Å². The van der Waals surface area contributed by atoms with Crippen molar-refractivity contribution in [3.63, 3.8) is 0 Å². The zero-order valence-corrected chi connectivity index (χ0v) is 5.65. The van der Waals surface area contributed by atoms with Crippen molar-refractivity contribution in [2.75, 3.05) is 6.61 Å². The van der Waals surface area contributed by atoms with Gasteiger partial charge in [-0.2, -0.15) is 4.98 Å². The summed E-state index contributed by atoms with van der Waals surface area (Å²) < 4.78 is 6.70. The highest BCUT2D eigenvalue weighted by atomic mass is 16.5. The molecule has 1 aromatic heterocycles. The van der Waals surface area contributed by atoms with Gasteiger partial charge in [-0.1, -0.05) is 0 Å². The Morgan fingerprint density at radius 3 is 3.27 bits per heavy atom. The van der Waals surface area contributed by atoms with Crippen molar-refractivity contribution in [3.8, 4) is 6.01 Å². The maximum atomic E-state index is 10.4. The van der Waals surface area contributed by atoms with Crippen LogP contribution in [0.15, 0.2) is 6.20 Å². The molecule has 1 N–H and O–H groups in total. The SMILES string of the molecule is O=C(O)c1cn2c(n1)OCC2. The first-order chi connectivity index (χ1) is 5.27. The fourth-order valence-electron chi connectivity index (χ4n) is 1.01. The second kappa shape index (κ2) is 1.98. The van der Waals surface area contributed by atoms with Gasteiger partial charge in [0.15, 0.2) is 5.69 Å². The van der Waals surface area contributed by atoms with Crippen LogP contribution in [0.2, 0.25) is 0 Å². The third kappa shape index (κ3) is 0.849. The quantitative estimate of drug-likeness (QED) is 0.617. The van der Waals surface area contributed by atoms with Gasteiger partial charge in [0.2, 0.25) is 0 Å². The van der Waals surface area contributed by atoms with Crippen LogP contribution in [0, 0.1) is 0 Å². The number of imidazole rings is 1. The van der Waals surface area contributed by atoms with Gasteiger partial charge in [-0.3, -0.25) is 4.57 Å². The molecule has 0 amide bonds. The first-order valence-corrected chi connectivity index (χ1v) is 3.20. The molecule has 11 heavy (non-hydrogen) atoms. The Hall–Kier alpha value is -1.52. The molecule has 0 aliphatic carbocycles. The molecule has 0 radical (unpaired) electrons. The molecule has 0 unspecified atom stereocenters. The predicted octanol–water partition coefficient (Wildman–Crippen LogP) is -0.0263. The molecule has 2 heterocycles. The van der Waals surface area contributed by atoms with Crippen LogP contribution in [0.4, 0.5) is 0 Å². The topological polar surface area (TPSA) is 64.3 Å². The number of rotatable bonds is 1. The fraction of sp³-hybridized carbons (Fsp3) is 0.333. The summed E-state index contributed by atoms with van der Waals surface area (Å²) in [6.07, 6.45) is 1.48. The fourth-order valence-corrected chi connectivity index (χ4v) is 1.01. The van der Waals surface area contributed by atoms with Crippen molar-refractivity contribution in [3.05, 3.63) is 11.9 Å². The standard InChI is InChI=1S/C6H6N2O3/c9-5(10)4-3-8-1-2-11-6(8)7-4/h3H,1-2H2,(H,9,10). The lowest BCUT2D eigenvalue weighted by Gasteiger charge is -1.86. The molecule has 58 valence electrons. The summed E-state index contributed by atoms with van der Waals surface area (Å²) in [5.74, 6) is -1.02. The number of hydrogen-bond acceptors (Lipinski definition) is 3. The molecule has 0 atom stereocenters. The molecule has 0 aromatic carbocycles. The number of aromatic carboxylic acids is 1. The Labute approximate surface area is 62.2 Å². The van der Waals surface area contributed by atoms with Gasteiger partial charge >= 0.3 is 5.97 Å². The normalized spacial score (nSPS) is 14.2. The van der Waals surface area contributed by atoms with Gasteiger partial charge in [0.25, 0.3) is 6.01 Å². The number of fused-ring (bicyclic) bond motifs is 1. The Balaban J connectivity index is 2.42. The Morgan fingerprint density at radius 1 is 1.82 bits per heavy atom. The number of carbonyl (C=O) groups is 1. The molecule has 1 aliphatic heterocycles. The number of carboxylic acid groups (broad SMARTS) is 1. The number of aromatic nitrogens is 2. The van der Waals surface area contributed by atoms with E-state index in [0.29, 0.717) is 19.2 Å². The van der Waals surface area contributed by atoms with Crippen LogP contribution in [-0.4, -0.2) is 27.2 Å². The van der Waals surface area contributed by atoms with Crippen molar-refractivity contribution in [2.45, 2.75) is 6.54 Å². The van der Waals surface area contributed by atoms with Crippen LogP contribution in [0.5, 0.6) is 6.01 Å². The average molecular weight is 154 g/mol. The molecular formula is C6H6N2O3. The van der Waals surface area contributed by atoms with Crippen molar-refractivity contribution in [1.29, 1.82) is 0 Å². The second-order valence-electron chi connectivity index (χ2n) is 2.26. The summed E-state index contributed by atoms with van der Waals surface area (Å²) in [7, 11) is 0. The van der Waals surface area contributed by atoms with E-state index in [2.05, 4.69) is 4.98 Å². The third-order valence-corrected chi connectivity index (χ3v) is 1.52. The summed E-state index contributed by atoms with van der Waals surface area (Å²) in [5.41, 5.74) is 0.0414. The lowest BCUT2D eigenvalue weighted by Crippen LogP contribution is -1.99. The molecule has 1 aromatic rings. The molecular weight excluding hydrogens is 148 g/mol. The van der Waals surface area contributed by atoms with E-state index in [-0.39, 0.29) is 5.69 Å². The van der Waals surface area contributed by atoms with Crippen LogP contribution in [0.25, 0.3) is 0 Å². The van der Waals surface area contributed by atoms with E-state index in [1.54, 1.807) is 4.57 Å². The van der Waals surface area contributed by atoms with Gasteiger partial charge in [-0.05, 0) is 0 Å². The molecule has 0 spiro atoms. The van der Waals surface area contributed by atoms with Crippen molar-refractivity contribution in [1.82, 2.24) is 9.55 Å². The first-order valence-electron chi connectivity index (χ1n) is 3.20. The van der Waals surface area contributed by atoms with E-state index in [1.807, 2.05) is 0 Å². The molecule has 5 heteroatoms. The minimum Gasteiger partial charge on any atom is -0.476 e. The molecule has 2 rings (SSSR count). The molecule has 5 nitrogen and oxygen atoms in total. The molecule has 0 bridgehead atoms. The summed E-state index contributed by atoms with van der Waals surface area (Å²) >= 11 is 0. The zero-order valence-electron chi connectivity index (χ0n) is 5.65. The van der Waals surface area contributed by atoms with Crippen LogP contribution in [0.3, 0.4) is 0 Å². The molecule has 0 saturated heterocycles. The monoisotopic (exact) mass is 154 g/mol. The minimum absolute atomic E-state index is 0.0414. The largest absolute Gasteiger partial charge is 0.476 e. The van der Waals surface area contributed by atoms with Gasteiger partial charge in [0.1, 0.15) is 6.61 Å². The summed E-state index contributed by atoms with van der Waals surface area (Å²) in [4.78, 5) is 14.1. The Morgan fingerprint density at radius 2 is 2.64 bits per heavy atom. The summed E-state index contributed by atoms with van der Waals surface area (Å²) in [6.45, 7) is 1.28. The van der Waals surface area contributed by atoms with Crippen molar-refractivity contribution in [2.24, 2.45) is 0 Å². The van der Waals surface area contributed by atoms with Crippen molar-refractivity contribution < 1.29 is 14.6 Å². The van der Waals surface area contributed by atoms with E-state index in [1.165, 1.54) is 6.20 Å². The smallest absolute Gasteiger partial charge is 0.356 e. The minimum atomic E-state index is -1.02. The second-order valence-corrected chi connectivity index (χ2v) is 2.26. The average Bonchev–Trinajstić information content (AvgIpc) is 2.40. The van der Waals surface area contributed by atoms with Crippen LogP contribution in [-0.2, 0) is 6.54 Å². The molecule has 0 fully saturated rings. The van der Waals surface area contributed by atoms with Gasteiger partial charge in [0, 0.05) is 6.20 Å². The Kier molecular flexibility index (Phi) is 1.12. The van der Waals surface area contributed by atoms with E-state index >= 15 is 0 Å². The maximum Gasteiger partial charge on any atom is 0.356 e. The Bertz CT molecular complexity index is 283. The van der Waals surface area contributed by atoms with Crippen LogP contribution in [0.1, 0.15) is 10.5 Å². The number of carboxylic acids is 1. The van der Waals surface area contributed by atoms with Crippen LogP contribution < -0.4 is 4.74 Å². The highest BCUT2D eigenvalue weighted by Crippen LogP contribution is 2.16. The summed E-state index contributed by atoms with van der Waals surface area (Å²) in [6, 6.07) is 0.405. The highest BCUT2D eigenvalue weighted by molar-refractivity contribution is 5.85. The van der Waals surface area contributed by atoms with E-state index < -0.39 is 5.97 Å². The lowest BCUT2D eigenvalue weighted by molar-refractivity contribution is 0.0690. The predicted molar refractivity (Wildman–Crippen MR) is 34.7 cm³/mol. The van der Waals surface area contributed by atoms with E-state index in [0.717, 1.165) is 0 Å². The molecule has 1 aliphatic rings. The first kappa shape index (κ1) is 6.21. The maximum absolute atomic E-state index is 10.4. The third-order valence-electron chi connectivity index (χ3n) is 1.52. The van der Waals surface area contributed by atoms with E-state index in [9.17, 15) is 4.79 Å². The van der Waals surface area contributed by atoms with Crippen LogP contribution >= 0.6 is 0 Å². The number of nitrogens with zero attached hydrogens (tertiary/aromatic N) is 2. The summed E-state index contributed by atoms with van der Waals surface area (Å²) in [5, 5.41) is 8.51. The van der Waals surface area contributed by atoms with Gasteiger partial charge in [0.05, 0.1) is 6.54 Å². The van der Waals surface area contributed by atoms with Gasteiger partial charge in [-0.15, -0.1) is 0 Å². The van der Waals surface area contributed by atoms with E-state index in [4.69, 9.17) is 9.84 Å². The lowest BCUT2D eigenvalue weighted by atomic mass is 10.5. The number of hydrogen-bond donors (Lipinski definition) is 1. The van der Waals surface area contributed by atoms with Gasteiger partial charge in [-0.25, -0.2) is 4.79 Å². The molecule has 0 saturated carbocycles. The zero-order chi connectivity index (χ0) is 7.84. The number of ether oxygens (including phenoxy) is 1. The van der Waals surface area contributed by atoms with Crippen molar-refractivity contribution >= 4 is 5.97 Å².